The molecule has 0 spiro atoms. The van der Waals surface area contributed by atoms with E-state index in [4.69, 9.17) is 4.74 Å². The lowest BCUT2D eigenvalue weighted by Gasteiger charge is -2.08. The van der Waals surface area contributed by atoms with Crippen LogP contribution in [0.1, 0.15) is 22.8 Å². The van der Waals surface area contributed by atoms with Crippen molar-refractivity contribution in [2.45, 2.75) is 13.5 Å². The van der Waals surface area contributed by atoms with Crippen molar-refractivity contribution < 1.29 is 9.53 Å². The van der Waals surface area contributed by atoms with Crippen molar-refractivity contribution in [2.75, 3.05) is 6.61 Å². The fourth-order valence-corrected chi connectivity index (χ4v) is 2.96. The lowest BCUT2D eigenvalue weighted by Crippen LogP contribution is -2.22. The zero-order valence-electron chi connectivity index (χ0n) is 13.4. The van der Waals surface area contributed by atoms with Crippen molar-refractivity contribution in [1.82, 2.24) is 10.3 Å². The van der Waals surface area contributed by atoms with Crippen molar-refractivity contribution in [2.24, 2.45) is 0 Å². The molecule has 0 saturated carbocycles. The summed E-state index contributed by atoms with van der Waals surface area (Å²) in [6, 6.07) is 13.1. The second kappa shape index (κ2) is 7.75. The number of thiophene rings is 1. The first-order valence-corrected chi connectivity index (χ1v) is 8.69. The molecule has 2 aromatic heterocycles. The van der Waals surface area contributed by atoms with E-state index in [9.17, 15) is 4.79 Å². The van der Waals surface area contributed by atoms with Crippen LogP contribution in [0.5, 0.6) is 5.75 Å². The van der Waals surface area contributed by atoms with Gasteiger partial charge in [0.05, 0.1) is 12.3 Å². The number of hydrogen-bond acceptors (Lipinski definition) is 4. The van der Waals surface area contributed by atoms with Crippen LogP contribution in [0.3, 0.4) is 0 Å². The smallest absolute Gasteiger partial charge is 0.251 e. The molecule has 2 heterocycles. The van der Waals surface area contributed by atoms with Gasteiger partial charge in [0.1, 0.15) is 5.75 Å². The molecule has 0 saturated heterocycles. The average Bonchev–Trinajstić information content (AvgIpc) is 3.16. The van der Waals surface area contributed by atoms with Crippen molar-refractivity contribution >= 4 is 17.2 Å². The average molecular weight is 338 g/mol. The summed E-state index contributed by atoms with van der Waals surface area (Å²) in [4.78, 5) is 16.6. The molecule has 24 heavy (non-hydrogen) atoms. The Kier molecular flexibility index (Phi) is 5.23. The number of amides is 1. The van der Waals surface area contributed by atoms with E-state index in [0.29, 0.717) is 18.7 Å². The Bertz CT molecular complexity index is 798. The summed E-state index contributed by atoms with van der Waals surface area (Å²) in [5, 5.41) is 7.02. The van der Waals surface area contributed by atoms with E-state index < -0.39 is 0 Å². The van der Waals surface area contributed by atoms with E-state index in [2.05, 4.69) is 15.7 Å². The summed E-state index contributed by atoms with van der Waals surface area (Å²) in [7, 11) is 0. The van der Waals surface area contributed by atoms with Gasteiger partial charge in [0.2, 0.25) is 0 Å². The topological polar surface area (TPSA) is 51.2 Å². The minimum absolute atomic E-state index is 0.105. The molecule has 0 unspecified atom stereocenters. The highest BCUT2D eigenvalue weighted by molar-refractivity contribution is 7.08. The zero-order valence-corrected chi connectivity index (χ0v) is 14.2. The second-order valence-corrected chi connectivity index (χ2v) is 5.98. The molecule has 1 aromatic carbocycles. The minimum atomic E-state index is -0.105. The van der Waals surface area contributed by atoms with E-state index in [1.807, 2.05) is 30.5 Å². The summed E-state index contributed by atoms with van der Waals surface area (Å²) in [6.45, 7) is 3.01. The largest absolute Gasteiger partial charge is 0.494 e. The van der Waals surface area contributed by atoms with Crippen LogP contribution in [-0.4, -0.2) is 17.5 Å². The highest BCUT2D eigenvalue weighted by atomic mass is 32.1. The van der Waals surface area contributed by atoms with Gasteiger partial charge in [0.15, 0.2) is 0 Å². The third kappa shape index (κ3) is 4.00. The zero-order chi connectivity index (χ0) is 16.8. The van der Waals surface area contributed by atoms with Gasteiger partial charge >= 0.3 is 0 Å². The maximum Gasteiger partial charge on any atom is 0.251 e. The van der Waals surface area contributed by atoms with E-state index in [1.165, 1.54) is 0 Å². The Morgan fingerprint density at radius 2 is 2.04 bits per heavy atom. The van der Waals surface area contributed by atoms with Crippen molar-refractivity contribution in [3.63, 3.8) is 0 Å². The molecule has 0 aliphatic heterocycles. The molecular weight excluding hydrogens is 320 g/mol. The summed E-state index contributed by atoms with van der Waals surface area (Å²) < 4.78 is 5.38. The second-order valence-electron chi connectivity index (χ2n) is 5.20. The van der Waals surface area contributed by atoms with Gasteiger partial charge in [-0.15, -0.1) is 0 Å². The van der Waals surface area contributed by atoms with Gasteiger partial charge in [0, 0.05) is 29.2 Å². The maximum absolute atomic E-state index is 12.2. The molecule has 0 aliphatic rings. The van der Waals surface area contributed by atoms with Crippen LogP contribution in [-0.2, 0) is 6.54 Å². The predicted octanol–water partition coefficient (Wildman–Crippen LogP) is 4.14. The number of benzene rings is 1. The van der Waals surface area contributed by atoms with Gasteiger partial charge in [-0.1, -0.05) is 0 Å². The third-order valence-electron chi connectivity index (χ3n) is 3.52. The third-order valence-corrected chi connectivity index (χ3v) is 4.21. The van der Waals surface area contributed by atoms with Crippen LogP contribution in [0.15, 0.2) is 59.4 Å². The molecule has 3 aromatic rings. The molecule has 3 rings (SSSR count). The monoisotopic (exact) mass is 338 g/mol. The van der Waals surface area contributed by atoms with Gasteiger partial charge in [-0.2, -0.15) is 11.3 Å². The van der Waals surface area contributed by atoms with Crippen LogP contribution in [0.25, 0.3) is 11.3 Å². The highest BCUT2D eigenvalue weighted by Crippen LogP contribution is 2.20. The molecule has 5 heteroatoms. The molecule has 4 nitrogen and oxygen atoms in total. The number of carbonyl (C=O) groups is 1. The molecule has 1 N–H and O–H groups in total. The van der Waals surface area contributed by atoms with Gasteiger partial charge in [-0.05, 0) is 60.3 Å². The number of rotatable bonds is 6. The predicted molar refractivity (Wildman–Crippen MR) is 96.3 cm³/mol. The molecule has 1 amide bonds. The van der Waals surface area contributed by atoms with Gasteiger partial charge < -0.3 is 10.1 Å². The van der Waals surface area contributed by atoms with E-state index in [0.717, 1.165) is 22.6 Å². The summed E-state index contributed by atoms with van der Waals surface area (Å²) >= 11 is 1.64. The van der Waals surface area contributed by atoms with Crippen LogP contribution >= 0.6 is 11.3 Å². The Morgan fingerprint density at radius 1 is 1.21 bits per heavy atom. The molecule has 0 atom stereocenters. The molecule has 0 radical (unpaired) electrons. The molecule has 0 bridgehead atoms. The molecule has 122 valence electrons. The first kappa shape index (κ1) is 16.2. The quantitative estimate of drug-likeness (QED) is 0.735. The fraction of sp³-hybridized carbons (Fsp3) is 0.158. The minimum Gasteiger partial charge on any atom is -0.494 e. The lowest BCUT2D eigenvalue weighted by molar-refractivity contribution is 0.0951. The Hall–Kier alpha value is -2.66. The number of nitrogens with one attached hydrogen (secondary N) is 1. The fourth-order valence-electron chi connectivity index (χ4n) is 2.31. The summed E-state index contributed by atoms with van der Waals surface area (Å²) in [6.07, 6.45) is 1.77. The number of aromatic nitrogens is 1. The highest BCUT2D eigenvalue weighted by Gasteiger charge is 2.07. The molecular formula is C19H18N2O2S. The van der Waals surface area contributed by atoms with Crippen molar-refractivity contribution in [3.8, 4) is 17.0 Å². The SMILES string of the molecule is CCOc1ccc(C(=O)NCc2ccnc(-c3ccsc3)c2)cc1. The molecule has 0 aliphatic carbocycles. The van der Waals surface area contributed by atoms with Gasteiger partial charge in [-0.25, -0.2) is 0 Å². The Labute approximate surface area is 145 Å². The van der Waals surface area contributed by atoms with Crippen molar-refractivity contribution in [1.29, 1.82) is 0 Å². The molecule has 0 fully saturated rings. The van der Waals surface area contributed by atoms with Crippen LogP contribution in [0.4, 0.5) is 0 Å². The Morgan fingerprint density at radius 3 is 2.75 bits per heavy atom. The van der Waals surface area contributed by atoms with Crippen LogP contribution in [0.2, 0.25) is 0 Å². The number of nitrogens with zero attached hydrogens (tertiary/aromatic N) is 1. The first-order valence-electron chi connectivity index (χ1n) is 7.75. The maximum atomic E-state index is 12.2. The van der Waals surface area contributed by atoms with Gasteiger partial charge in [0.25, 0.3) is 5.91 Å². The summed E-state index contributed by atoms with van der Waals surface area (Å²) in [5.41, 5.74) is 3.65. The number of carbonyl (C=O) groups excluding carboxylic acids is 1. The van der Waals surface area contributed by atoms with E-state index >= 15 is 0 Å². The van der Waals surface area contributed by atoms with Gasteiger partial charge in [-0.3, -0.25) is 9.78 Å². The van der Waals surface area contributed by atoms with E-state index in [-0.39, 0.29) is 5.91 Å². The number of pyridine rings is 1. The lowest BCUT2D eigenvalue weighted by atomic mass is 10.1. The number of hydrogen-bond donors (Lipinski definition) is 1. The standard InChI is InChI=1S/C19H18N2O2S/c1-2-23-17-5-3-15(4-6-17)19(22)21-12-14-7-9-20-18(11-14)16-8-10-24-13-16/h3-11,13H,2,12H2,1H3,(H,21,22). The van der Waals surface area contributed by atoms with E-state index in [1.54, 1.807) is 41.8 Å². The number of ether oxygens (including phenoxy) is 1. The summed E-state index contributed by atoms with van der Waals surface area (Å²) in [5.74, 6) is 0.663. The Balaban J connectivity index is 1.63. The first-order chi connectivity index (χ1) is 11.8. The van der Waals surface area contributed by atoms with Crippen LogP contribution < -0.4 is 10.1 Å². The normalized spacial score (nSPS) is 10.4. The van der Waals surface area contributed by atoms with Crippen molar-refractivity contribution in [3.05, 3.63) is 70.5 Å². The van der Waals surface area contributed by atoms with Crippen LogP contribution in [0, 0.1) is 0 Å².